The van der Waals surface area contributed by atoms with Crippen molar-refractivity contribution in [1.82, 2.24) is 30.7 Å². The number of hydrogen-bond donors (Lipinski definition) is 4. The summed E-state index contributed by atoms with van der Waals surface area (Å²) >= 11 is 7.96. The Labute approximate surface area is 492 Å². The molecule has 2 heterocycles. The van der Waals surface area contributed by atoms with Crippen LogP contribution in [0.1, 0.15) is 78.6 Å². The maximum absolute atomic E-state index is 14.0. The van der Waals surface area contributed by atoms with Crippen molar-refractivity contribution < 1.29 is 56.4 Å². The number of carbonyl (C=O) groups excluding carboxylic acids is 4. The highest BCUT2D eigenvalue weighted by Gasteiger charge is 2.44. The number of hydrogen-bond acceptors (Lipinski definition) is 12. The van der Waals surface area contributed by atoms with Gasteiger partial charge in [-0.1, -0.05) is 142 Å². The molecule has 20 heteroatoms. The first-order valence-electron chi connectivity index (χ1n) is 27.8. The number of β-amino-alcohol motifs (C(OH)–C–C–N with tert-alkyl or cyclic N) is 1. The van der Waals surface area contributed by atoms with Gasteiger partial charge in [0.1, 0.15) is 24.4 Å². The summed E-state index contributed by atoms with van der Waals surface area (Å²) in [6.07, 6.45) is -4.73. The van der Waals surface area contributed by atoms with E-state index in [1.165, 1.54) is 11.0 Å². The molecule has 1 aliphatic heterocycles. The predicted octanol–water partition coefficient (Wildman–Crippen LogP) is 9.41. The number of aliphatic hydroxyl groups is 1. The predicted molar refractivity (Wildman–Crippen MR) is 314 cm³/mol. The molecule has 1 fully saturated rings. The Kier molecular flexibility index (Phi) is 24.1. The molecule has 444 valence electrons. The van der Waals surface area contributed by atoms with Crippen molar-refractivity contribution in [2.24, 2.45) is 5.41 Å². The largest absolute Gasteiger partial charge is 0.494 e. The fourth-order valence-electron chi connectivity index (χ4n) is 9.75. The number of thiazole rings is 1. The zero-order chi connectivity index (χ0) is 59.4. The average Bonchev–Trinajstić information content (AvgIpc) is 4.33. The zero-order valence-electron chi connectivity index (χ0n) is 47.3. The lowest BCUT2D eigenvalue weighted by molar-refractivity contribution is -0.144. The number of carbonyl (C=O) groups is 4. The third kappa shape index (κ3) is 19.7. The summed E-state index contributed by atoms with van der Waals surface area (Å²) in [5.74, 6) is -1.06. The van der Waals surface area contributed by atoms with Crippen LogP contribution in [0.4, 0.5) is 13.2 Å². The van der Waals surface area contributed by atoms with Gasteiger partial charge in [-0.25, -0.2) is 4.98 Å². The van der Waals surface area contributed by atoms with Crippen LogP contribution in [0.3, 0.4) is 0 Å². The lowest BCUT2D eigenvalue weighted by Crippen LogP contribution is -2.58. The molecule has 0 aliphatic carbocycles. The molecule has 7 rings (SSSR count). The van der Waals surface area contributed by atoms with Gasteiger partial charge < -0.3 is 44.9 Å². The van der Waals surface area contributed by atoms with Crippen LogP contribution in [0, 0.1) is 12.3 Å². The second kappa shape index (κ2) is 31.3. The molecule has 4 amide bonds. The fraction of sp³-hybridized carbons (Fsp3) is 0.413. The van der Waals surface area contributed by atoms with Gasteiger partial charge in [-0.2, -0.15) is 13.2 Å². The summed E-state index contributed by atoms with van der Waals surface area (Å²) in [5.41, 5.74) is 6.36. The van der Waals surface area contributed by atoms with Gasteiger partial charge >= 0.3 is 6.18 Å². The summed E-state index contributed by atoms with van der Waals surface area (Å²) in [5, 5.41) is 18.8. The molecule has 0 saturated carbocycles. The first-order chi connectivity index (χ1) is 39.8. The monoisotopic (exact) mass is 1180 g/mol. The van der Waals surface area contributed by atoms with Crippen molar-refractivity contribution in [3.8, 4) is 16.2 Å². The number of ether oxygens (including phenoxy) is 4. The molecule has 0 unspecified atom stereocenters. The van der Waals surface area contributed by atoms with Crippen molar-refractivity contribution in [3.05, 3.63) is 177 Å². The van der Waals surface area contributed by atoms with Crippen LogP contribution in [0.25, 0.3) is 10.4 Å². The number of likely N-dealkylation sites (tertiary alicyclic amines) is 1. The van der Waals surface area contributed by atoms with Crippen molar-refractivity contribution in [1.29, 1.82) is 0 Å². The van der Waals surface area contributed by atoms with Gasteiger partial charge in [0.2, 0.25) is 23.6 Å². The molecule has 4 N–H and O–H groups in total. The zero-order valence-corrected chi connectivity index (χ0v) is 48.9. The van der Waals surface area contributed by atoms with Crippen LogP contribution in [-0.4, -0.2) is 134 Å². The molecule has 83 heavy (non-hydrogen) atoms. The third-order valence-corrected chi connectivity index (χ3v) is 15.5. The topological polar surface area (TPSA) is 181 Å². The Morgan fingerprint density at radius 1 is 0.795 bits per heavy atom. The fourth-order valence-corrected chi connectivity index (χ4v) is 10.9. The van der Waals surface area contributed by atoms with Crippen LogP contribution in [-0.2, 0) is 59.1 Å². The van der Waals surface area contributed by atoms with Crippen LogP contribution in [0.15, 0.2) is 133 Å². The van der Waals surface area contributed by atoms with E-state index in [2.05, 4.69) is 50.1 Å². The number of halogens is 4. The Hall–Kier alpha value is -6.71. The van der Waals surface area contributed by atoms with E-state index in [0.29, 0.717) is 37.4 Å². The Morgan fingerprint density at radius 3 is 2.11 bits per heavy atom. The van der Waals surface area contributed by atoms with Gasteiger partial charge in [0.25, 0.3) is 0 Å². The first kappa shape index (κ1) is 63.9. The number of aliphatic hydroxyl groups excluding tert-OH is 1. The molecule has 0 radical (unpaired) electrons. The SMILES string of the molecule is Cc1ncsc1-c1ccc(CNC(=O)[C@@H]2C[C@@H](O)CN2C(=O)[C@@H](NC(=O)COCCOCCOCCNC(=O)Cc2cccc(OCCCN(Cc3cccc(C(F)(F)F)c3Cl)CC(c3ccccc3)c3ccccc3)c2)C(C)(C)C)cc1. The number of benzene rings is 5. The second-order valence-electron chi connectivity index (χ2n) is 21.5. The number of amides is 4. The van der Waals surface area contributed by atoms with Crippen LogP contribution < -0.4 is 20.7 Å². The first-order valence-corrected chi connectivity index (χ1v) is 29.0. The molecule has 1 aromatic heterocycles. The van der Waals surface area contributed by atoms with Gasteiger partial charge in [-0.3, -0.25) is 24.1 Å². The number of aryl methyl sites for hydroxylation is 1. The molecule has 6 aromatic rings. The number of rotatable bonds is 30. The van der Waals surface area contributed by atoms with E-state index in [0.717, 1.165) is 44.5 Å². The quantitative estimate of drug-likeness (QED) is 0.0316. The normalized spacial score (nSPS) is 14.9. The molecule has 5 aromatic carbocycles. The average molecular weight is 1180 g/mol. The Morgan fingerprint density at radius 2 is 1.46 bits per heavy atom. The van der Waals surface area contributed by atoms with Gasteiger partial charge in [-0.15, -0.1) is 11.3 Å². The molecule has 1 saturated heterocycles. The minimum Gasteiger partial charge on any atom is -0.494 e. The molecule has 3 atom stereocenters. The highest BCUT2D eigenvalue weighted by atomic mass is 35.5. The van der Waals surface area contributed by atoms with E-state index in [1.807, 2.05) is 113 Å². The summed E-state index contributed by atoms with van der Waals surface area (Å²) in [6.45, 7) is 10.1. The molecule has 0 bridgehead atoms. The summed E-state index contributed by atoms with van der Waals surface area (Å²) in [4.78, 5) is 62.2. The maximum Gasteiger partial charge on any atom is 0.417 e. The van der Waals surface area contributed by atoms with Crippen molar-refractivity contribution >= 4 is 46.6 Å². The Balaban J connectivity index is 0.765. The van der Waals surface area contributed by atoms with Gasteiger partial charge in [0, 0.05) is 51.6 Å². The lowest BCUT2D eigenvalue weighted by Gasteiger charge is -2.35. The molecule has 0 spiro atoms. The van der Waals surface area contributed by atoms with Crippen molar-refractivity contribution in [2.45, 2.75) is 90.3 Å². The smallest absolute Gasteiger partial charge is 0.417 e. The number of aromatic nitrogens is 1. The van der Waals surface area contributed by atoms with E-state index in [1.54, 1.807) is 22.9 Å². The van der Waals surface area contributed by atoms with Gasteiger partial charge in [0.15, 0.2) is 0 Å². The lowest BCUT2D eigenvalue weighted by atomic mass is 9.85. The van der Waals surface area contributed by atoms with Crippen LogP contribution >= 0.6 is 22.9 Å². The van der Waals surface area contributed by atoms with E-state index >= 15 is 0 Å². The minimum atomic E-state index is -4.58. The van der Waals surface area contributed by atoms with Crippen molar-refractivity contribution in [3.63, 3.8) is 0 Å². The van der Waals surface area contributed by atoms with Crippen molar-refractivity contribution in [2.75, 3.05) is 72.4 Å². The number of alkyl halides is 3. The molecular weight excluding hydrogens is 1110 g/mol. The van der Waals surface area contributed by atoms with E-state index in [-0.39, 0.29) is 95.5 Å². The summed E-state index contributed by atoms with van der Waals surface area (Å²) in [7, 11) is 0. The highest BCUT2D eigenvalue weighted by molar-refractivity contribution is 7.13. The minimum absolute atomic E-state index is 0.0426. The Bertz CT molecular complexity index is 2980. The number of nitrogens with zero attached hydrogens (tertiary/aromatic N) is 3. The van der Waals surface area contributed by atoms with Crippen LogP contribution in [0.2, 0.25) is 5.02 Å². The van der Waals surface area contributed by atoms with E-state index in [9.17, 15) is 37.5 Å². The van der Waals surface area contributed by atoms with Gasteiger partial charge in [-0.05, 0) is 70.3 Å². The standard InChI is InChI=1S/C63H74ClF3N6O9S/c1-43-58(83-42-70-43)48-24-22-44(23-25-48)37-69-60(77)54-36-50(74)39-73(54)61(78)59(62(2,3)4)71-56(76)41-81-33-32-80-31-30-79-29-26-68-55(75)35-45-14-11-20-51(34-45)82-28-13-27-72(38-49-19-12-21-53(57(49)64)63(65,66)67)40-52(46-15-7-5-8-16-46)47-17-9-6-10-18-47/h5-12,14-25,34,42,50,52,54,59,74H,13,26-33,35-41H2,1-4H3,(H,68,75)(H,69,77)(H,71,76)/t50-,54+,59-/m1/s1. The number of nitrogens with one attached hydrogen (secondary N) is 3. The third-order valence-electron chi connectivity index (χ3n) is 14.0. The molecular formula is C63H74ClF3N6O9S. The maximum atomic E-state index is 14.0. The van der Waals surface area contributed by atoms with Crippen LogP contribution in [0.5, 0.6) is 5.75 Å². The van der Waals surface area contributed by atoms with E-state index < -0.39 is 53.1 Å². The van der Waals surface area contributed by atoms with Gasteiger partial charge in [0.05, 0.1) is 78.8 Å². The molecule has 1 aliphatic rings. The summed E-state index contributed by atoms with van der Waals surface area (Å²) < 4.78 is 64.4. The van der Waals surface area contributed by atoms with E-state index in [4.69, 9.17) is 30.5 Å². The second-order valence-corrected chi connectivity index (χ2v) is 22.7. The summed E-state index contributed by atoms with van der Waals surface area (Å²) in [6, 6.07) is 37.2. The molecule has 15 nitrogen and oxygen atoms in total. The highest BCUT2D eigenvalue weighted by Crippen LogP contribution is 2.37.